The lowest BCUT2D eigenvalue weighted by Crippen LogP contribution is -2.60. The van der Waals surface area contributed by atoms with Crippen molar-refractivity contribution in [3.63, 3.8) is 0 Å². The van der Waals surface area contributed by atoms with Crippen molar-refractivity contribution >= 4 is 44.7 Å². The van der Waals surface area contributed by atoms with Crippen LogP contribution < -0.4 is 30.1 Å². The van der Waals surface area contributed by atoms with E-state index in [1.54, 1.807) is 32.6 Å². The molecule has 16 nitrogen and oxygen atoms in total. The Morgan fingerprint density at radius 3 is 2.54 bits per heavy atom. The molecule has 20 heteroatoms. The molecule has 67 heavy (non-hydrogen) atoms. The van der Waals surface area contributed by atoms with Crippen LogP contribution in [-0.4, -0.2) is 133 Å². The van der Waals surface area contributed by atoms with Crippen LogP contribution >= 0.6 is 0 Å². The molecule has 2 saturated heterocycles. The second-order valence-corrected chi connectivity index (χ2v) is 22.8. The minimum absolute atomic E-state index is 0.0524. The average Bonchev–Trinajstić information content (AvgIpc) is 4.23. The maximum Gasteiger partial charge on any atom is 0.408 e. The number of fused-ring (bicyclic) bond motifs is 5. The van der Waals surface area contributed by atoms with Gasteiger partial charge in [-0.3, -0.25) is 19.1 Å². The van der Waals surface area contributed by atoms with Crippen molar-refractivity contribution in [2.75, 3.05) is 39.3 Å². The summed E-state index contributed by atoms with van der Waals surface area (Å²) >= 11 is 0. The van der Waals surface area contributed by atoms with E-state index in [2.05, 4.69) is 27.3 Å². The number of nitrogens with zero attached hydrogens (tertiary/aromatic N) is 3. The highest BCUT2D eigenvalue weighted by Crippen LogP contribution is 2.47. The van der Waals surface area contributed by atoms with Gasteiger partial charge in [0.1, 0.15) is 41.6 Å². The molecule has 0 radical (unpaired) electrons. The number of sulfonamides is 1. The number of carbonyl (C=O) groups is 4. The molecule has 368 valence electrons. The number of rotatable bonds is 11. The number of hydrogen-bond acceptors (Lipinski definition) is 12. The van der Waals surface area contributed by atoms with Gasteiger partial charge < -0.3 is 40.0 Å². The van der Waals surface area contributed by atoms with E-state index in [0.717, 1.165) is 31.1 Å². The lowest BCUT2D eigenvalue weighted by atomic mass is 9.85. The van der Waals surface area contributed by atoms with Crippen molar-refractivity contribution in [2.45, 2.75) is 145 Å². The summed E-state index contributed by atoms with van der Waals surface area (Å²) in [5.74, 6) is -1.78. The molecule has 1 unspecified atom stereocenters. The molecule has 4 heterocycles. The summed E-state index contributed by atoms with van der Waals surface area (Å²) in [7, 11) is -4.06. The fourth-order valence-electron chi connectivity index (χ4n) is 9.69. The fourth-order valence-corrected chi connectivity index (χ4v) is 11.0. The van der Waals surface area contributed by atoms with E-state index in [1.165, 1.54) is 11.0 Å². The first-order valence-corrected chi connectivity index (χ1v) is 25.1. The van der Waals surface area contributed by atoms with Gasteiger partial charge in [0.15, 0.2) is 0 Å². The van der Waals surface area contributed by atoms with Crippen LogP contribution in [0, 0.1) is 17.3 Å². The molecule has 8 atom stereocenters. The van der Waals surface area contributed by atoms with Gasteiger partial charge in [-0.25, -0.2) is 18.2 Å². The molecule has 1 aromatic heterocycles. The first kappa shape index (κ1) is 48.8. The number of aromatic nitrogens is 1. The maximum atomic E-state index is 14.9. The van der Waals surface area contributed by atoms with Gasteiger partial charge >= 0.3 is 12.3 Å². The van der Waals surface area contributed by atoms with Gasteiger partial charge in [-0.15, -0.1) is 6.58 Å². The topological polar surface area (TPSA) is 198 Å². The zero-order valence-corrected chi connectivity index (χ0v) is 39.5. The molecule has 3 saturated carbocycles. The first-order valence-electron chi connectivity index (χ1n) is 23.6. The van der Waals surface area contributed by atoms with Crippen molar-refractivity contribution in [1.82, 2.24) is 35.5 Å². The van der Waals surface area contributed by atoms with Crippen LogP contribution in [-0.2, 0) is 35.6 Å². The van der Waals surface area contributed by atoms with Gasteiger partial charge in [-0.2, -0.15) is 13.2 Å². The summed E-state index contributed by atoms with van der Waals surface area (Å²) in [6.07, 6.45) is 1.05. The van der Waals surface area contributed by atoms with E-state index < -0.39 is 85.9 Å². The van der Waals surface area contributed by atoms with Crippen LogP contribution in [0.4, 0.5) is 18.0 Å². The number of amides is 4. The van der Waals surface area contributed by atoms with Crippen LogP contribution in [0.15, 0.2) is 36.9 Å². The molecule has 4 N–H and O–H groups in total. The number of para-hydroxylation sites is 1. The van der Waals surface area contributed by atoms with Gasteiger partial charge in [0.25, 0.3) is 5.91 Å². The number of alkyl carbamates (subject to hydrolysis) is 1. The molecule has 0 spiro atoms. The number of piperazine rings is 1. The number of pyridine rings is 1. The molecule has 1 aromatic carbocycles. The minimum Gasteiger partial charge on any atom is -0.492 e. The summed E-state index contributed by atoms with van der Waals surface area (Å²) in [6, 6.07) is 3.44. The van der Waals surface area contributed by atoms with Crippen molar-refractivity contribution in [3.8, 4) is 11.6 Å². The molecule has 4 amide bonds. The molecule has 3 aliphatic carbocycles. The van der Waals surface area contributed by atoms with E-state index in [9.17, 15) is 40.8 Å². The highest BCUT2D eigenvalue weighted by Gasteiger charge is 2.63. The number of halogens is 3. The maximum absolute atomic E-state index is 14.9. The summed E-state index contributed by atoms with van der Waals surface area (Å²) in [5, 5.41) is 8.91. The van der Waals surface area contributed by atoms with E-state index >= 15 is 0 Å². The molecular formula is C47H64F3N7O9S. The third-order valence-electron chi connectivity index (χ3n) is 14.4. The smallest absolute Gasteiger partial charge is 0.408 e. The van der Waals surface area contributed by atoms with E-state index in [0.29, 0.717) is 62.0 Å². The highest BCUT2D eigenvalue weighted by molar-refractivity contribution is 7.91. The zero-order chi connectivity index (χ0) is 48.1. The standard InChI is InChI=1S/C47H64F3N7O9S/c1-6-29-25-46(29,42(60)55-67(62,63)45(5)17-18-45)54-39(58)34-24-30-26-57(34)41(59)38(44(2,3)4)53-43(61)66-35-23-28(35)13-8-7-9-15-32-37(31-14-10-11-16-33(31)52-40(32)65-30)64-22-12-20-56-21-19-51-36(27-56)47(48,49)50/h6,10-11,14,16,28-30,34-36,38,51H,1,7-9,12-13,15,17-27H2,2-5H3,(H,53,61)(H,54,58)(H,55,60)/t28-,29-,30-,34+,35-,36?,38-,46-/m1/s1. The Bertz CT molecular complexity index is 2360. The number of nitrogens with one attached hydrogen (secondary N) is 4. The monoisotopic (exact) mass is 959 g/mol. The number of carbonyl (C=O) groups excluding carboxylic acids is 4. The predicted octanol–water partition coefficient (Wildman–Crippen LogP) is 4.89. The van der Waals surface area contributed by atoms with Crippen molar-refractivity contribution in [1.29, 1.82) is 0 Å². The number of alkyl halides is 3. The Morgan fingerprint density at radius 2 is 1.84 bits per heavy atom. The molecule has 6 aliphatic rings. The third-order valence-corrected chi connectivity index (χ3v) is 16.6. The highest BCUT2D eigenvalue weighted by atomic mass is 32.2. The van der Waals surface area contributed by atoms with E-state index in [4.69, 9.17) is 19.2 Å². The molecule has 8 rings (SSSR count). The van der Waals surface area contributed by atoms with Gasteiger partial charge in [0, 0.05) is 43.9 Å². The Kier molecular flexibility index (Phi) is 13.6. The Morgan fingerprint density at radius 1 is 1.07 bits per heavy atom. The lowest BCUT2D eigenvalue weighted by Gasteiger charge is -2.35. The summed E-state index contributed by atoms with van der Waals surface area (Å²) in [4.78, 5) is 64.9. The summed E-state index contributed by atoms with van der Waals surface area (Å²) in [6.45, 7) is 11.8. The van der Waals surface area contributed by atoms with Crippen LogP contribution in [0.2, 0.25) is 0 Å². The van der Waals surface area contributed by atoms with Crippen LogP contribution in [0.25, 0.3) is 10.9 Å². The fraction of sp³-hybridized carbons (Fsp3) is 0.681. The minimum atomic E-state index is -4.35. The quantitative estimate of drug-likeness (QED) is 0.176. The normalized spacial score (nSPS) is 30.3. The molecular weight excluding hydrogens is 896 g/mol. The van der Waals surface area contributed by atoms with Gasteiger partial charge in [0.2, 0.25) is 27.7 Å². The van der Waals surface area contributed by atoms with Gasteiger partial charge in [-0.05, 0) is 81.8 Å². The molecule has 3 aliphatic heterocycles. The Hall–Kier alpha value is -4.69. The third kappa shape index (κ3) is 10.6. The van der Waals surface area contributed by atoms with Crippen LogP contribution in [0.3, 0.4) is 0 Å². The number of ether oxygens (including phenoxy) is 3. The second kappa shape index (κ2) is 18.7. The van der Waals surface area contributed by atoms with Crippen molar-refractivity contribution < 1.29 is 55.0 Å². The Balaban J connectivity index is 1.10. The molecule has 2 aromatic rings. The van der Waals surface area contributed by atoms with Gasteiger partial charge in [0.05, 0.1) is 29.0 Å². The van der Waals surface area contributed by atoms with E-state index in [1.807, 2.05) is 24.3 Å². The first-order chi connectivity index (χ1) is 31.6. The van der Waals surface area contributed by atoms with E-state index in [-0.39, 0.29) is 57.0 Å². The summed E-state index contributed by atoms with van der Waals surface area (Å²) in [5.41, 5.74) is -1.24. The SMILES string of the molecule is C=C[C@@H]1C[C@]1(NC(=O)[C@@H]1C[C@@H]2CN1C(=O)[C@H](C(C)(C)C)NC(=O)O[C@@H]1C[C@H]1CCCCCc1c(nc3ccccc3c1OCCCN1CCNC(C(F)(F)F)C1)O2)C(=O)NS(=O)(=O)C1(C)CC1. The average molecular weight is 960 g/mol. The van der Waals surface area contributed by atoms with Gasteiger partial charge in [-0.1, -0.05) is 51.8 Å². The number of hydrogen-bond donors (Lipinski definition) is 4. The van der Waals surface area contributed by atoms with Crippen molar-refractivity contribution in [3.05, 3.63) is 42.5 Å². The molecule has 2 bridgehead atoms. The largest absolute Gasteiger partial charge is 0.492 e. The van der Waals surface area contributed by atoms with Crippen LogP contribution in [0.1, 0.15) is 97.5 Å². The lowest BCUT2D eigenvalue weighted by molar-refractivity contribution is -0.164. The Labute approximate surface area is 389 Å². The second-order valence-electron chi connectivity index (χ2n) is 20.6. The summed E-state index contributed by atoms with van der Waals surface area (Å²) < 4.78 is 87.2. The predicted molar refractivity (Wildman–Crippen MR) is 241 cm³/mol. The van der Waals surface area contributed by atoms with Crippen molar-refractivity contribution in [2.24, 2.45) is 17.3 Å². The van der Waals surface area contributed by atoms with Crippen LogP contribution in [0.5, 0.6) is 11.6 Å². The number of benzene rings is 1. The molecule has 5 fully saturated rings. The zero-order valence-electron chi connectivity index (χ0n) is 38.7.